The molecule has 1 N–H and O–H groups in total. The van der Waals surface area contributed by atoms with Gasteiger partial charge in [0.1, 0.15) is 0 Å². The first-order valence-electron chi connectivity index (χ1n) is 8.62. The van der Waals surface area contributed by atoms with Crippen LogP contribution in [0.15, 0.2) is 78.9 Å². The molecule has 0 atom stereocenters. The molecule has 0 aliphatic heterocycles. The summed E-state index contributed by atoms with van der Waals surface area (Å²) >= 11 is 0. The first kappa shape index (κ1) is 15.9. The molecule has 0 aliphatic rings. The Kier molecular flexibility index (Phi) is 3.31. The summed E-state index contributed by atoms with van der Waals surface area (Å²) < 4.78 is 39.4. The second-order valence-electron chi connectivity index (χ2n) is 6.64. The van der Waals surface area contributed by atoms with E-state index in [1.54, 1.807) is 6.07 Å². The van der Waals surface area contributed by atoms with E-state index in [9.17, 15) is 13.2 Å². The number of nitrogens with one attached hydrogen (secondary N) is 1. The molecule has 0 unspecified atom stereocenters. The van der Waals surface area contributed by atoms with Crippen molar-refractivity contribution in [1.82, 2.24) is 4.98 Å². The molecule has 5 rings (SSSR count). The van der Waals surface area contributed by atoms with E-state index in [1.807, 2.05) is 60.7 Å². The number of alkyl halides is 3. The predicted molar refractivity (Wildman–Crippen MR) is 104 cm³/mol. The molecule has 1 nitrogen and oxygen atoms in total. The van der Waals surface area contributed by atoms with Gasteiger partial charge in [0.25, 0.3) is 0 Å². The minimum absolute atomic E-state index is 0.493. The molecule has 1 heterocycles. The normalized spacial score (nSPS) is 12.3. The number of rotatable bonds is 1. The highest BCUT2D eigenvalue weighted by Gasteiger charge is 2.30. The van der Waals surface area contributed by atoms with Crippen LogP contribution in [0.1, 0.15) is 5.56 Å². The van der Waals surface area contributed by atoms with Crippen LogP contribution in [0, 0.1) is 0 Å². The number of H-pyrrole nitrogens is 1. The first-order chi connectivity index (χ1) is 13.0. The molecule has 0 aliphatic carbocycles. The van der Waals surface area contributed by atoms with Gasteiger partial charge in [-0.25, -0.2) is 0 Å². The van der Waals surface area contributed by atoms with E-state index < -0.39 is 11.7 Å². The lowest BCUT2D eigenvalue weighted by molar-refractivity contribution is -0.137. The van der Waals surface area contributed by atoms with Crippen LogP contribution in [0.2, 0.25) is 0 Å². The summed E-state index contributed by atoms with van der Waals surface area (Å²) in [6.07, 6.45) is -4.36. The number of hydrogen-bond donors (Lipinski definition) is 1. The summed E-state index contributed by atoms with van der Waals surface area (Å²) in [4.78, 5) is 3.25. The Balaban J connectivity index is 1.94. The lowest BCUT2D eigenvalue weighted by Crippen LogP contribution is -2.03. The largest absolute Gasteiger partial charge is 0.416 e. The van der Waals surface area contributed by atoms with E-state index in [2.05, 4.69) is 4.98 Å². The second-order valence-corrected chi connectivity index (χ2v) is 6.64. The van der Waals surface area contributed by atoms with Crippen molar-refractivity contribution in [2.45, 2.75) is 6.18 Å². The van der Waals surface area contributed by atoms with Crippen molar-refractivity contribution in [3.8, 4) is 11.1 Å². The third-order valence-electron chi connectivity index (χ3n) is 5.01. The molecule has 4 heteroatoms. The van der Waals surface area contributed by atoms with Crippen LogP contribution in [-0.4, -0.2) is 4.98 Å². The summed E-state index contributed by atoms with van der Waals surface area (Å²) in [5.74, 6) is 0. The van der Waals surface area contributed by atoms with Crippen LogP contribution in [0.4, 0.5) is 13.2 Å². The lowest BCUT2D eigenvalue weighted by atomic mass is 9.95. The van der Waals surface area contributed by atoms with Crippen molar-refractivity contribution in [1.29, 1.82) is 0 Å². The number of fused-ring (bicyclic) bond motifs is 4. The van der Waals surface area contributed by atoms with Gasteiger partial charge in [-0.15, -0.1) is 0 Å². The van der Waals surface area contributed by atoms with E-state index in [-0.39, 0.29) is 0 Å². The minimum Gasteiger partial charge on any atom is -0.354 e. The van der Waals surface area contributed by atoms with Gasteiger partial charge in [-0.05, 0) is 34.5 Å². The average molecular weight is 361 g/mol. The molecule has 0 spiro atoms. The van der Waals surface area contributed by atoms with Gasteiger partial charge in [0, 0.05) is 21.9 Å². The molecule has 4 aromatic carbocycles. The smallest absolute Gasteiger partial charge is 0.354 e. The maximum absolute atomic E-state index is 13.1. The molecule has 0 saturated carbocycles. The average Bonchev–Trinajstić information content (AvgIpc) is 3.03. The zero-order valence-corrected chi connectivity index (χ0v) is 14.1. The molecule has 132 valence electrons. The topological polar surface area (TPSA) is 15.8 Å². The quantitative estimate of drug-likeness (QED) is 0.326. The van der Waals surface area contributed by atoms with Gasteiger partial charge in [0.2, 0.25) is 0 Å². The van der Waals surface area contributed by atoms with E-state index in [0.29, 0.717) is 5.52 Å². The van der Waals surface area contributed by atoms with Crippen LogP contribution >= 0.6 is 0 Å². The molecular formula is C23H14F3N. The molecule has 27 heavy (non-hydrogen) atoms. The van der Waals surface area contributed by atoms with Gasteiger partial charge in [0.15, 0.2) is 0 Å². The predicted octanol–water partition coefficient (Wildman–Crippen LogP) is 7.16. The first-order valence-corrected chi connectivity index (χ1v) is 8.62. The molecule has 5 aromatic rings. The van der Waals surface area contributed by atoms with Crippen molar-refractivity contribution >= 4 is 32.6 Å². The molecule has 0 radical (unpaired) electrons. The van der Waals surface area contributed by atoms with Crippen molar-refractivity contribution in [2.75, 3.05) is 0 Å². The summed E-state index contributed by atoms with van der Waals surface area (Å²) in [5.41, 5.74) is 2.74. The fourth-order valence-electron chi connectivity index (χ4n) is 3.79. The number of aromatic amines is 1. The second kappa shape index (κ2) is 5.61. The van der Waals surface area contributed by atoms with E-state index in [4.69, 9.17) is 0 Å². The third kappa shape index (κ3) is 2.48. The lowest BCUT2D eigenvalue weighted by Gasteiger charge is -2.09. The maximum atomic E-state index is 13.1. The van der Waals surface area contributed by atoms with Crippen LogP contribution < -0.4 is 0 Å². The van der Waals surface area contributed by atoms with Crippen molar-refractivity contribution in [2.24, 2.45) is 0 Å². The van der Waals surface area contributed by atoms with Crippen molar-refractivity contribution in [3.63, 3.8) is 0 Å². The molecule has 0 bridgehead atoms. The van der Waals surface area contributed by atoms with Gasteiger partial charge >= 0.3 is 6.18 Å². The van der Waals surface area contributed by atoms with Gasteiger partial charge in [0.05, 0.1) is 11.1 Å². The summed E-state index contributed by atoms with van der Waals surface area (Å²) in [5, 5.41) is 3.85. The Morgan fingerprint density at radius 3 is 2.19 bits per heavy atom. The Morgan fingerprint density at radius 2 is 1.41 bits per heavy atom. The highest BCUT2D eigenvalue weighted by atomic mass is 19.4. The van der Waals surface area contributed by atoms with Crippen LogP contribution in [0.3, 0.4) is 0 Å². The Morgan fingerprint density at radius 1 is 0.667 bits per heavy atom. The Bertz CT molecular complexity index is 1300. The third-order valence-corrected chi connectivity index (χ3v) is 5.01. The van der Waals surface area contributed by atoms with Crippen molar-refractivity contribution in [3.05, 3.63) is 84.4 Å². The zero-order valence-electron chi connectivity index (χ0n) is 14.1. The molecule has 0 saturated heterocycles. The van der Waals surface area contributed by atoms with Gasteiger partial charge in [-0.2, -0.15) is 13.2 Å². The fraction of sp³-hybridized carbons (Fsp3) is 0.0435. The fourth-order valence-corrected chi connectivity index (χ4v) is 3.79. The van der Waals surface area contributed by atoms with E-state index in [1.165, 1.54) is 6.07 Å². The molecule has 0 amide bonds. The van der Waals surface area contributed by atoms with Crippen LogP contribution in [0.25, 0.3) is 43.7 Å². The number of halogens is 3. The SMILES string of the molecule is FC(F)(F)c1ccc2c(c1)[nH]c1c(-c3ccccc3)c3ccccc3cc12. The highest BCUT2D eigenvalue weighted by Crippen LogP contribution is 2.40. The molecular weight excluding hydrogens is 347 g/mol. The molecule has 1 aromatic heterocycles. The standard InChI is InChI=1S/C23H14F3N/c24-23(25,26)16-10-11-18-19-12-15-8-4-5-9-17(15)21(14-6-2-1-3-7-14)22(19)27-20(18)13-16/h1-13,27H. The number of aromatic nitrogens is 1. The number of benzene rings is 4. The zero-order chi connectivity index (χ0) is 18.6. The van der Waals surface area contributed by atoms with Crippen molar-refractivity contribution < 1.29 is 13.2 Å². The Labute approximate surface area is 153 Å². The summed E-state index contributed by atoms with van der Waals surface area (Å²) in [6.45, 7) is 0. The Hall–Kier alpha value is -3.27. The summed E-state index contributed by atoms with van der Waals surface area (Å²) in [6, 6.07) is 23.9. The van der Waals surface area contributed by atoms with E-state index >= 15 is 0 Å². The van der Waals surface area contributed by atoms with Crippen LogP contribution in [0.5, 0.6) is 0 Å². The monoisotopic (exact) mass is 361 g/mol. The number of hydrogen-bond acceptors (Lipinski definition) is 0. The minimum atomic E-state index is -4.36. The van der Waals surface area contributed by atoms with Gasteiger partial charge in [-0.1, -0.05) is 60.7 Å². The van der Waals surface area contributed by atoms with E-state index in [0.717, 1.165) is 44.3 Å². The highest BCUT2D eigenvalue weighted by molar-refractivity contribution is 6.19. The molecule has 0 fully saturated rings. The van der Waals surface area contributed by atoms with Gasteiger partial charge < -0.3 is 4.98 Å². The van der Waals surface area contributed by atoms with Crippen LogP contribution in [-0.2, 0) is 6.18 Å². The summed E-state index contributed by atoms with van der Waals surface area (Å²) in [7, 11) is 0. The van der Waals surface area contributed by atoms with Gasteiger partial charge in [-0.3, -0.25) is 0 Å². The maximum Gasteiger partial charge on any atom is 0.416 e.